The molecule has 0 saturated carbocycles. The standard InChI is InChI=1S/C14H31NS/c1-6-10-15-13(3)12-14(4,5)9-8-11-16-7-2/h13,15H,6-12H2,1-5H3. The zero-order valence-electron chi connectivity index (χ0n) is 11.9. The second-order valence-corrected chi connectivity index (χ2v) is 6.92. The lowest BCUT2D eigenvalue weighted by Crippen LogP contribution is -2.31. The van der Waals surface area contributed by atoms with Gasteiger partial charge in [-0.1, -0.05) is 27.7 Å². The summed E-state index contributed by atoms with van der Waals surface area (Å²) in [5, 5.41) is 3.58. The summed E-state index contributed by atoms with van der Waals surface area (Å²) in [6.07, 6.45) is 5.26. The van der Waals surface area contributed by atoms with Gasteiger partial charge in [0.15, 0.2) is 0 Å². The first-order valence-electron chi connectivity index (χ1n) is 6.83. The number of hydrogen-bond acceptors (Lipinski definition) is 2. The van der Waals surface area contributed by atoms with Crippen molar-refractivity contribution in [2.75, 3.05) is 18.1 Å². The first-order chi connectivity index (χ1) is 7.52. The molecule has 1 unspecified atom stereocenters. The normalized spacial score (nSPS) is 14.1. The van der Waals surface area contributed by atoms with Crippen molar-refractivity contribution in [3.8, 4) is 0 Å². The number of rotatable bonds is 10. The van der Waals surface area contributed by atoms with Gasteiger partial charge < -0.3 is 5.32 Å². The third kappa shape index (κ3) is 9.53. The number of nitrogens with one attached hydrogen (secondary N) is 1. The van der Waals surface area contributed by atoms with Crippen molar-refractivity contribution in [3.05, 3.63) is 0 Å². The van der Waals surface area contributed by atoms with Gasteiger partial charge >= 0.3 is 0 Å². The molecule has 0 spiro atoms. The van der Waals surface area contributed by atoms with Crippen molar-refractivity contribution in [3.63, 3.8) is 0 Å². The highest BCUT2D eigenvalue weighted by molar-refractivity contribution is 7.99. The van der Waals surface area contributed by atoms with E-state index in [9.17, 15) is 0 Å². The van der Waals surface area contributed by atoms with Crippen LogP contribution in [0.25, 0.3) is 0 Å². The maximum Gasteiger partial charge on any atom is 0.00438 e. The van der Waals surface area contributed by atoms with Crippen LogP contribution in [0, 0.1) is 5.41 Å². The van der Waals surface area contributed by atoms with E-state index in [1.807, 2.05) is 0 Å². The Kier molecular flexibility index (Phi) is 9.53. The van der Waals surface area contributed by atoms with Crippen molar-refractivity contribution in [2.24, 2.45) is 5.41 Å². The fourth-order valence-electron chi connectivity index (χ4n) is 2.19. The molecule has 1 N–H and O–H groups in total. The van der Waals surface area contributed by atoms with Gasteiger partial charge in [-0.15, -0.1) is 0 Å². The van der Waals surface area contributed by atoms with E-state index in [0.717, 1.165) is 6.54 Å². The van der Waals surface area contributed by atoms with Gasteiger partial charge in [-0.25, -0.2) is 0 Å². The Bertz CT molecular complexity index is 157. The third-order valence-electron chi connectivity index (χ3n) is 2.95. The Morgan fingerprint density at radius 3 is 2.50 bits per heavy atom. The molecule has 0 saturated heterocycles. The first-order valence-corrected chi connectivity index (χ1v) is 7.98. The second kappa shape index (κ2) is 9.35. The highest BCUT2D eigenvalue weighted by Crippen LogP contribution is 2.28. The molecule has 0 rings (SSSR count). The van der Waals surface area contributed by atoms with Crippen LogP contribution in [-0.2, 0) is 0 Å². The fourth-order valence-corrected chi connectivity index (χ4v) is 2.83. The molecule has 1 atom stereocenters. The SMILES string of the molecule is CCCNC(C)CC(C)(C)CCCSCC. The molecule has 0 aliphatic rings. The largest absolute Gasteiger partial charge is 0.314 e. The van der Waals surface area contributed by atoms with E-state index in [1.54, 1.807) is 0 Å². The van der Waals surface area contributed by atoms with E-state index in [2.05, 4.69) is 51.7 Å². The molecule has 0 radical (unpaired) electrons. The summed E-state index contributed by atoms with van der Waals surface area (Å²) in [6, 6.07) is 0.661. The zero-order valence-corrected chi connectivity index (χ0v) is 12.8. The molecule has 0 amide bonds. The molecule has 0 heterocycles. The second-order valence-electron chi connectivity index (χ2n) is 5.52. The molecule has 1 nitrogen and oxygen atoms in total. The summed E-state index contributed by atoms with van der Waals surface area (Å²) in [5.41, 5.74) is 0.495. The minimum absolute atomic E-state index is 0.495. The van der Waals surface area contributed by atoms with E-state index < -0.39 is 0 Å². The van der Waals surface area contributed by atoms with E-state index >= 15 is 0 Å². The zero-order chi connectivity index (χ0) is 12.4. The van der Waals surface area contributed by atoms with Gasteiger partial charge in [0.2, 0.25) is 0 Å². The molecule has 0 fully saturated rings. The van der Waals surface area contributed by atoms with Crippen LogP contribution in [0.2, 0.25) is 0 Å². The van der Waals surface area contributed by atoms with E-state index in [4.69, 9.17) is 0 Å². The van der Waals surface area contributed by atoms with E-state index in [1.165, 1.54) is 37.2 Å². The maximum atomic E-state index is 3.58. The van der Waals surface area contributed by atoms with Gasteiger partial charge in [-0.3, -0.25) is 0 Å². The molecule has 0 aromatic rings. The number of hydrogen-bond donors (Lipinski definition) is 1. The lowest BCUT2D eigenvalue weighted by Gasteiger charge is -2.28. The lowest BCUT2D eigenvalue weighted by atomic mass is 9.82. The van der Waals surface area contributed by atoms with Crippen LogP contribution in [-0.4, -0.2) is 24.1 Å². The average Bonchev–Trinajstić information content (AvgIpc) is 2.21. The molecule has 2 heteroatoms. The Morgan fingerprint density at radius 2 is 1.94 bits per heavy atom. The first kappa shape index (κ1) is 16.3. The topological polar surface area (TPSA) is 12.0 Å². The Morgan fingerprint density at radius 1 is 1.25 bits per heavy atom. The van der Waals surface area contributed by atoms with Gasteiger partial charge in [0.05, 0.1) is 0 Å². The molecule has 0 aromatic carbocycles. The smallest absolute Gasteiger partial charge is 0.00438 e. The molecular formula is C14H31NS. The van der Waals surface area contributed by atoms with Crippen molar-refractivity contribution >= 4 is 11.8 Å². The van der Waals surface area contributed by atoms with Crippen LogP contribution >= 0.6 is 11.8 Å². The highest BCUT2D eigenvalue weighted by Gasteiger charge is 2.20. The van der Waals surface area contributed by atoms with Crippen LogP contribution in [0.4, 0.5) is 0 Å². The highest BCUT2D eigenvalue weighted by atomic mass is 32.2. The Balaban J connectivity index is 3.66. The monoisotopic (exact) mass is 245 g/mol. The minimum Gasteiger partial charge on any atom is -0.314 e. The van der Waals surface area contributed by atoms with E-state index in [-0.39, 0.29) is 0 Å². The van der Waals surface area contributed by atoms with Gasteiger partial charge in [0.1, 0.15) is 0 Å². The summed E-state index contributed by atoms with van der Waals surface area (Å²) >= 11 is 2.07. The third-order valence-corrected chi connectivity index (χ3v) is 3.93. The van der Waals surface area contributed by atoms with Crippen molar-refractivity contribution in [1.29, 1.82) is 0 Å². The summed E-state index contributed by atoms with van der Waals surface area (Å²) in [5.74, 6) is 2.59. The molecular weight excluding hydrogens is 214 g/mol. The molecule has 16 heavy (non-hydrogen) atoms. The lowest BCUT2D eigenvalue weighted by molar-refractivity contribution is 0.267. The van der Waals surface area contributed by atoms with Crippen LogP contribution in [0.1, 0.15) is 60.3 Å². The van der Waals surface area contributed by atoms with Crippen LogP contribution < -0.4 is 5.32 Å². The summed E-state index contributed by atoms with van der Waals surface area (Å²) in [7, 11) is 0. The summed E-state index contributed by atoms with van der Waals surface area (Å²) in [6.45, 7) is 12.8. The molecule has 0 bridgehead atoms. The molecule has 98 valence electrons. The fraction of sp³-hybridized carbons (Fsp3) is 1.00. The maximum absolute atomic E-state index is 3.58. The van der Waals surface area contributed by atoms with E-state index in [0.29, 0.717) is 11.5 Å². The van der Waals surface area contributed by atoms with Gasteiger partial charge in [-0.05, 0) is 56.1 Å². The average molecular weight is 245 g/mol. The van der Waals surface area contributed by atoms with Crippen LogP contribution in [0.3, 0.4) is 0 Å². The molecule has 0 aromatic heterocycles. The van der Waals surface area contributed by atoms with Crippen molar-refractivity contribution in [1.82, 2.24) is 5.32 Å². The van der Waals surface area contributed by atoms with Crippen molar-refractivity contribution in [2.45, 2.75) is 66.3 Å². The molecule has 0 aliphatic heterocycles. The Hall–Kier alpha value is 0.310. The predicted octanol–water partition coefficient (Wildman–Crippen LogP) is 4.32. The summed E-state index contributed by atoms with van der Waals surface area (Å²) in [4.78, 5) is 0. The van der Waals surface area contributed by atoms with Gasteiger partial charge in [0.25, 0.3) is 0 Å². The predicted molar refractivity (Wildman–Crippen MR) is 78.4 cm³/mol. The van der Waals surface area contributed by atoms with Crippen molar-refractivity contribution < 1.29 is 0 Å². The van der Waals surface area contributed by atoms with Crippen LogP contribution in [0.5, 0.6) is 0 Å². The van der Waals surface area contributed by atoms with Crippen LogP contribution in [0.15, 0.2) is 0 Å². The van der Waals surface area contributed by atoms with Gasteiger partial charge in [0, 0.05) is 6.04 Å². The van der Waals surface area contributed by atoms with Gasteiger partial charge in [-0.2, -0.15) is 11.8 Å². The Labute approximate surface area is 107 Å². The minimum atomic E-state index is 0.495. The molecule has 0 aliphatic carbocycles. The summed E-state index contributed by atoms with van der Waals surface area (Å²) < 4.78 is 0. The quantitative estimate of drug-likeness (QED) is 0.575. The number of thioether (sulfide) groups is 1.